The molecule has 0 aromatic carbocycles. The van der Waals surface area contributed by atoms with Crippen LogP contribution >= 0.6 is 0 Å². The highest BCUT2D eigenvalue weighted by Gasteiger charge is 2.48. The molecule has 1 amide bonds. The van der Waals surface area contributed by atoms with Gasteiger partial charge in [0.1, 0.15) is 5.54 Å². The molecule has 1 aliphatic carbocycles. The lowest BCUT2D eigenvalue weighted by atomic mass is 10.00. The quantitative estimate of drug-likeness (QED) is 0.586. The molecule has 0 aromatic rings. The van der Waals surface area contributed by atoms with E-state index >= 15 is 0 Å². The largest absolute Gasteiger partial charge is 0.378 e. The van der Waals surface area contributed by atoms with Gasteiger partial charge in [-0.1, -0.05) is 0 Å². The zero-order valence-corrected chi connectivity index (χ0v) is 7.88. The fourth-order valence-corrected chi connectivity index (χ4v) is 1.84. The first kappa shape index (κ1) is 8.23. The number of nitrogens with one attached hydrogen (secondary N) is 2. The van der Waals surface area contributed by atoms with E-state index in [4.69, 9.17) is 4.74 Å². The molecule has 2 N–H and O–H groups in total. The van der Waals surface area contributed by atoms with Crippen molar-refractivity contribution in [3.63, 3.8) is 0 Å². The summed E-state index contributed by atoms with van der Waals surface area (Å²) in [6.45, 7) is 1.11. The maximum atomic E-state index is 11.7. The predicted molar refractivity (Wildman–Crippen MR) is 49.9 cm³/mol. The van der Waals surface area contributed by atoms with E-state index in [0.717, 1.165) is 19.3 Å². The van der Waals surface area contributed by atoms with E-state index in [0.29, 0.717) is 25.2 Å². The zero-order chi connectivity index (χ0) is 9.60. The van der Waals surface area contributed by atoms with E-state index in [9.17, 15) is 4.79 Å². The third kappa shape index (κ3) is 1.19. The molecule has 2 saturated heterocycles. The van der Waals surface area contributed by atoms with Crippen LogP contribution in [0.15, 0.2) is 4.99 Å². The van der Waals surface area contributed by atoms with Crippen molar-refractivity contribution in [3.05, 3.63) is 0 Å². The maximum absolute atomic E-state index is 11.7. The van der Waals surface area contributed by atoms with Crippen LogP contribution in [0.3, 0.4) is 0 Å². The Labute approximate surface area is 81.9 Å². The molecule has 1 unspecified atom stereocenters. The van der Waals surface area contributed by atoms with Gasteiger partial charge in [0.05, 0.1) is 12.6 Å². The average molecular weight is 195 g/mol. The summed E-state index contributed by atoms with van der Waals surface area (Å²) in [5.74, 6) is 0.650. The van der Waals surface area contributed by atoms with Gasteiger partial charge in [-0.05, 0) is 12.8 Å². The molecule has 3 rings (SSSR count). The number of hydrogen-bond donors (Lipinski definition) is 2. The molecule has 1 saturated carbocycles. The number of rotatable bonds is 1. The van der Waals surface area contributed by atoms with Crippen molar-refractivity contribution < 1.29 is 9.53 Å². The summed E-state index contributed by atoms with van der Waals surface area (Å²) >= 11 is 0. The summed E-state index contributed by atoms with van der Waals surface area (Å²) in [7, 11) is 0. The molecule has 2 heterocycles. The van der Waals surface area contributed by atoms with Crippen molar-refractivity contribution in [2.24, 2.45) is 4.99 Å². The molecule has 3 fully saturated rings. The normalized spacial score (nSPS) is 39.1. The Hall–Kier alpha value is -1.10. The number of amides is 1. The van der Waals surface area contributed by atoms with E-state index in [2.05, 4.69) is 15.6 Å². The minimum atomic E-state index is -0.520. The van der Waals surface area contributed by atoms with Crippen molar-refractivity contribution >= 4 is 11.9 Å². The van der Waals surface area contributed by atoms with Gasteiger partial charge >= 0.3 is 0 Å². The monoisotopic (exact) mass is 195 g/mol. The summed E-state index contributed by atoms with van der Waals surface area (Å²) in [6, 6.07) is 0.426. The van der Waals surface area contributed by atoms with E-state index in [1.54, 1.807) is 0 Å². The second kappa shape index (κ2) is 2.70. The van der Waals surface area contributed by atoms with Gasteiger partial charge in [-0.3, -0.25) is 10.1 Å². The Kier molecular flexibility index (Phi) is 1.58. The van der Waals surface area contributed by atoms with Gasteiger partial charge < -0.3 is 10.1 Å². The van der Waals surface area contributed by atoms with Crippen molar-refractivity contribution in [3.8, 4) is 0 Å². The lowest BCUT2D eigenvalue weighted by Gasteiger charge is -2.16. The van der Waals surface area contributed by atoms with Crippen molar-refractivity contribution in [1.82, 2.24) is 10.6 Å². The first-order chi connectivity index (χ1) is 6.78. The van der Waals surface area contributed by atoms with Gasteiger partial charge in [0.15, 0.2) is 5.96 Å². The fraction of sp³-hybridized carbons (Fsp3) is 0.778. The van der Waals surface area contributed by atoms with Gasteiger partial charge in [-0.25, -0.2) is 4.99 Å². The number of ether oxygens (including phenoxy) is 1. The van der Waals surface area contributed by atoms with Crippen molar-refractivity contribution in [2.75, 3.05) is 13.2 Å². The molecule has 76 valence electrons. The third-order valence-corrected chi connectivity index (χ3v) is 2.90. The van der Waals surface area contributed by atoms with Crippen LogP contribution in [0.1, 0.15) is 19.3 Å². The first-order valence-electron chi connectivity index (χ1n) is 5.04. The van der Waals surface area contributed by atoms with Gasteiger partial charge in [-0.15, -0.1) is 0 Å². The number of guanidine groups is 1. The van der Waals surface area contributed by atoms with Crippen LogP contribution in [-0.2, 0) is 9.53 Å². The van der Waals surface area contributed by atoms with E-state index in [1.165, 1.54) is 0 Å². The lowest BCUT2D eigenvalue weighted by Crippen LogP contribution is -2.47. The minimum absolute atomic E-state index is 0.00870. The van der Waals surface area contributed by atoms with Crippen LogP contribution in [0, 0.1) is 0 Å². The molecular formula is C9H13N3O2. The second-order valence-corrected chi connectivity index (χ2v) is 4.17. The molecule has 5 nitrogen and oxygen atoms in total. The van der Waals surface area contributed by atoms with Crippen LogP contribution in [0.25, 0.3) is 0 Å². The highest BCUT2D eigenvalue weighted by molar-refractivity contribution is 6.09. The first-order valence-corrected chi connectivity index (χ1v) is 5.04. The Morgan fingerprint density at radius 3 is 3.00 bits per heavy atom. The topological polar surface area (TPSA) is 62.7 Å². The Balaban J connectivity index is 1.79. The molecule has 0 aromatic heterocycles. The Bertz CT molecular complexity index is 303. The van der Waals surface area contributed by atoms with Gasteiger partial charge in [0.2, 0.25) is 0 Å². The summed E-state index contributed by atoms with van der Waals surface area (Å²) in [5.41, 5.74) is -0.520. The van der Waals surface area contributed by atoms with Crippen LogP contribution < -0.4 is 10.6 Å². The summed E-state index contributed by atoms with van der Waals surface area (Å²) in [4.78, 5) is 16.1. The molecule has 5 heteroatoms. The van der Waals surface area contributed by atoms with E-state index in [1.807, 2.05) is 0 Å². The summed E-state index contributed by atoms with van der Waals surface area (Å²) in [6.07, 6.45) is 3.03. The number of aliphatic imine (C=N–C) groups is 1. The number of carbonyl (C=O) groups excluding carboxylic acids is 1. The molecule has 1 spiro atoms. The molecule has 14 heavy (non-hydrogen) atoms. The molecule has 0 bridgehead atoms. The maximum Gasteiger partial charge on any atom is 0.254 e. The zero-order valence-electron chi connectivity index (χ0n) is 7.88. The van der Waals surface area contributed by atoms with Crippen molar-refractivity contribution in [2.45, 2.75) is 30.8 Å². The summed E-state index contributed by atoms with van der Waals surface area (Å²) < 4.78 is 5.24. The number of carbonyl (C=O) groups is 1. The molecule has 3 aliphatic rings. The average Bonchev–Trinajstić information content (AvgIpc) is 2.75. The van der Waals surface area contributed by atoms with E-state index in [-0.39, 0.29) is 5.91 Å². The lowest BCUT2D eigenvalue weighted by molar-refractivity contribution is -0.123. The highest BCUT2D eigenvalue weighted by Crippen LogP contribution is 2.26. The number of hydrogen-bond acceptors (Lipinski definition) is 3. The SMILES string of the molecule is O=C1NC(=NC2CC2)NC12CCOC2. The highest BCUT2D eigenvalue weighted by atomic mass is 16.5. The van der Waals surface area contributed by atoms with Crippen LogP contribution in [0.5, 0.6) is 0 Å². The molecule has 1 atom stereocenters. The van der Waals surface area contributed by atoms with Crippen LogP contribution in [0.4, 0.5) is 0 Å². The smallest absolute Gasteiger partial charge is 0.254 e. The van der Waals surface area contributed by atoms with Gasteiger partial charge in [0.25, 0.3) is 5.91 Å². The molecule has 2 aliphatic heterocycles. The van der Waals surface area contributed by atoms with Crippen molar-refractivity contribution in [1.29, 1.82) is 0 Å². The standard InChI is InChI=1S/C9H13N3O2/c13-7-9(3-4-14-5-9)12-8(11-7)10-6-1-2-6/h6H,1-5H2,(H2,10,11,12,13). The van der Waals surface area contributed by atoms with Crippen LogP contribution in [0.2, 0.25) is 0 Å². The minimum Gasteiger partial charge on any atom is -0.378 e. The fourth-order valence-electron chi connectivity index (χ4n) is 1.84. The van der Waals surface area contributed by atoms with Gasteiger partial charge in [0, 0.05) is 13.0 Å². The van der Waals surface area contributed by atoms with E-state index < -0.39 is 5.54 Å². The molecular weight excluding hydrogens is 182 g/mol. The second-order valence-electron chi connectivity index (χ2n) is 4.17. The summed E-state index contributed by atoms with van der Waals surface area (Å²) in [5, 5.41) is 5.93. The Morgan fingerprint density at radius 1 is 1.50 bits per heavy atom. The number of nitrogens with zero attached hydrogens (tertiary/aromatic N) is 1. The van der Waals surface area contributed by atoms with Gasteiger partial charge in [-0.2, -0.15) is 0 Å². The molecule has 0 radical (unpaired) electrons. The predicted octanol–water partition coefficient (Wildman–Crippen LogP) is -0.617. The third-order valence-electron chi connectivity index (χ3n) is 2.90. The van der Waals surface area contributed by atoms with Crippen LogP contribution in [-0.4, -0.2) is 36.7 Å². The Morgan fingerprint density at radius 2 is 2.36 bits per heavy atom.